The number of rotatable bonds is 11. The number of hydroxylamine groups is 1. The van der Waals surface area contributed by atoms with E-state index in [1.807, 2.05) is 48.5 Å². The highest BCUT2D eigenvalue weighted by atomic mass is 16.5. The van der Waals surface area contributed by atoms with Gasteiger partial charge in [-0.25, -0.2) is 5.48 Å². The first kappa shape index (κ1) is 24.7. The minimum Gasteiger partial charge on any atom is -0.488 e. The maximum Gasteiger partial charge on any atom is 0.250 e. The molecule has 1 fully saturated rings. The van der Waals surface area contributed by atoms with Gasteiger partial charge in [-0.15, -0.1) is 0 Å². The molecule has 0 spiro atoms. The van der Waals surface area contributed by atoms with E-state index in [0.29, 0.717) is 18.4 Å². The highest BCUT2D eigenvalue weighted by molar-refractivity contribution is 5.94. The average molecular weight is 454 g/mol. The number of unbranched alkanes of at least 4 members (excludes halogenated alkanes) is 2. The monoisotopic (exact) mass is 453 g/mol. The summed E-state index contributed by atoms with van der Waals surface area (Å²) in [6.07, 6.45) is 6.12. The number of hydrogen-bond acceptors (Lipinski definition) is 5. The van der Waals surface area contributed by atoms with Gasteiger partial charge in [-0.05, 0) is 50.1 Å². The third-order valence-corrected chi connectivity index (χ3v) is 6.17. The lowest BCUT2D eigenvalue weighted by atomic mass is 10.0. The van der Waals surface area contributed by atoms with Crippen LogP contribution in [-0.2, 0) is 9.59 Å². The number of nitrogens with one attached hydrogen (secondary N) is 2. The second kappa shape index (κ2) is 13.0. The van der Waals surface area contributed by atoms with Gasteiger partial charge in [-0.2, -0.15) is 0 Å². The number of hydrogen-bond donors (Lipinski definition) is 3. The van der Waals surface area contributed by atoms with E-state index in [9.17, 15) is 9.59 Å². The van der Waals surface area contributed by atoms with Crippen molar-refractivity contribution < 1.29 is 19.5 Å². The summed E-state index contributed by atoms with van der Waals surface area (Å²) in [6.45, 7) is 5.39. The van der Waals surface area contributed by atoms with Crippen molar-refractivity contribution in [2.45, 2.75) is 51.5 Å². The van der Waals surface area contributed by atoms with E-state index in [4.69, 9.17) is 9.94 Å². The quantitative estimate of drug-likeness (QED) is 0.208. The topological polar surface area (TPSA) is 90.9 Å². The number of benzene rings is 2. The Morgan fingerprint density at radius 2 is 1.88 bits per heavy atom. The summed E-state index contributed by atoms with van der Waals surface area (Å²) in [5.74, 6) is 0.274. The second-order valence-electron chi connectivity index (χ2n) is 8.46. The Morgan fingerprint density at radius 1 is 1.12 bits per heavy atom. The summed E-state index contributed by atoms with van der Waals surface area (Å²) in [6, 6.07) is 14.1. The Labute approximate surface area is 195 Å². The van der Waals surface area contributed by atoms with Crippen molar-refractivity contribution in [1.29, 1.82) is 0 Å². The molecule has 33 heavy (non-hydrogen) atoms. The molecule has 1 aliphatic rings. The van der Waals surface area contributed by atoms with E-state index in [1.165, 1.54) is 0 Å². The van der Waals surface area contributed by atoms with Crippen LogP contribution in [0.1, 0.15) is 45.4 Å². The molecule has 7 nitrogen and oxygen atoms in total. The third kappa shape index (κ3) is 7.58. The van der Waals surface area contributed by atoms with Crippen molar-refractivity contribution in [3.63, 3.8) is 0 Å². The number of fused-ring (bicyclic) bond motifs is 1. The standard InChI is InChI=1S/C26H35N3O4/c1-2-29-17-15-22(16-18-29)27-26(31)21(10-4-3-5-14-25(30)28-32)19-33-24-13-8-11-20-9-6-7-12-23(20)24/h6-13,22,32H,2-5,14-19H2,1H3,(H,27,31)(H,28,30)/b21-10+. The number of carbonyl (C=O) groups is 2. The number of amides is 2. The fourth-order valence-corrected chi connectivity index (χ4v) is 4.13. The zero-order chi connectivity index (χ0) is 23.5. The number of ether oxygens (including phenoxy) is 1. The molecule has 178 valence electrons. The zero-order valence-electron chi connectivity index (χ0n) is 19.4. The van der Waals surface area contributed by atoms with Gasteiger partial charge < -0.3 is 15.0 Å². The van der Waals surface area contributed by atoms with Crippen molar-refractivity contribution in [3.8, 4) is 5.75 Å². The van der Waals surface area contributed by atoms with Gasteiger partial charge in [-0.3, -0.25) is 14.8 Å². The molecule has 0 unspecified atom stereocenters. The minimum absolute atomic E-state index is 0.0849. The van der Waals surface area contributed by atoms with Crippen molar-refractivity contribution in [1.82, 2.24) is 15.7 Å². The van der Waals surface area contributed by atoms with Crippen LogP contribution < -0.4 is 15.5 Å². The molecule has 2 aromatic carbocycles. The number of likely N-dealkylation sites (tertiary alicyclic amines) is 1. The molecule has 1 heterocycles. The van der Waals surface area contributed by atoms with E-state index in [2.05, 4.69) is 17.1 Å². The van der Waals surface area contributed by atoms with Crippen LogP contribution in [0.25, 0.3) is 10.8 Å². The van der Waals surface area contributed by atoms with Crippen LogP contribution in [-0.4, -0.2) is 54.2 Å². The second-order valence-corrected chi connectivity index (χ2v) is 8.46. The molecule has 3 N–H and O–H groups in total. The first-order valence-electron chi connectivity index (χ1n) is 11.9. The van der Waals surface area contributed by atoms with E-state index in [0.717, 1.165) is 55.4 Å². The van der Waals surface area contributed by atoms with Gasteiger partial charge >= 0.3 is 0 Å². The van der Waals surface area contributed by atoms with Gasteiger partial charge in [-0.1, -0.05) is 49.4 Å². The molecule has 0 aliphatic carbocycles. The van der Waals surface area contributed by atoms with E-state index < -0.39 is 5.91 Å². The lowest BCUT2D eigenvalue weighted by Crippen LogP contribution is -2.45. The minimum atomic E-state index is -0.394. The number of allylic oxidation sites excluding steroid dienone is 1. The van der Waals surface area contributed by atoms with Crippen LogP contribution in [0.4, 0.5) is 0 Å². The maximum absolute atomic E-state index is 13.1. The lowest BCUT2D eigenvalue weighted by molar-refractivity contribution is -0.129. The molecule has 0 atom stereocenters. The van der Waals surface area contributed by atoms with Crippen molar-refractivity contribution >= 4 is 22.6 Å². The summed E-state index contributed by atoms with van der Waals surface area (Å²) < 4.78 is 6.10. The smallest absolute Gasteiger partial charge is 0.250 e. The van der Waals surface area contributed by atoms with Crippen LogP contribution >= 0.6 is 0 Å². The molecular weight excluding hydrogens is 418 g/mol. The highest BCUT2D eigenvalue weighted by Crippen LogP contribution is 2.25. The summed E-state index contributed by atoms with van der Waals surface area (Å²) >= 11 is 0. The Balaban J connectivity index is 1.63. The Morgan fingerprint density at radius 3 is 2.64 bits per heavy atom. The predicted octanol–water partition coefficient (Wildman–Crippen LogP) is 3.81. The summed E-state index contributed by atoms with van der Waals surface area (Å²) in [7, 11) is 0. The third-order valence-electron chi connectivity index (χ3n) is 6.17. The van der Waals surface area contributed by atoms with Crippen molar-refractivity contribution in [3.05, 3.63) is 54.1 Å². The number of carbonyl (C=O) groups excluding carboxylic acids is 2. The van der Waals surface area contributed by atoms with Gasteiger partial charge in [0.05, 0.1) is 5.57 Å². The average Bonchev–Trinajstić information content (AvgIpc) is 2.85. The molecule has 7 heteroatoms. The molecule has 2 aromatic rings. The summed E-state index contributed by atoms with van der Waals surface area (Å²) in [5, 5.41) is 13.9. The number of piperidine rings is 1. The normalized spacial score (nSPS) is 15.4. The number of nitrogens with zero attached hydrogens (tertiary/aromatic N) is 1. The Kier molecular flexibility index (Phi) is 9.72. The van der Waals surface area contributed by atoms with Crippen molar-refractivity contribution in [2.24, 2.45) is 0 Å². The predicted molar refractivity (Wildman–Crippen MR) is 129 cm³/mol. The van der Waals surface area contributed by atoms with Gasteiger partial charge in [0, 0.05) is 30.9 Å². The Bertz CT molecular complexity index is 946. The SMILES string of the molecule is CCN1CCC(NC(=O)/C(=C/CCCCC(=O)NO)COc2cccc3ccccc23)CC1. The first-order valence-corrected chi connectivity index (χ1v) is 11.9. The molecule has 1 aliphatic heterocycles. The highest BCUT2D eigenvalue weighted by Gasteiger charge is 2.21. The summed E-state index contributed by atoms with van der Waals surface area (Å²) in [4.78, 5) is 26.7. The maximum atomic E-state index is 13.1. The van der Waals surface area contributed by atoms with Crippen LogP contribution in [0, 0.1) is 0 Å². The fraction of sp³-hybridized carbons (Fsp3) is 0.462. The van der Waals surface area contributed by atoms with E-state index >= 15 is 0 Å². The van der Waals surface area contributed by atoms with E-state index in [-0.39, 0.29) is 25.0 Å². The molecular formula is C26H35N3O4. The zero-order valence-corrected chi connectivity index (χ0v) is 19.4. The van der Waals surface area contributed by atoms with Crippen molar-refractivity contribution in [2.75, 3.05) is 26.2 Å². The summed E-state index contributed by atoms with van der Waals surface area (Å²) in [5.41, 5.74) is 2.25. The fourth-order valence-electron chi connectivity index (χ4n) is 4.13. The van der Waals surface area contributed by atoms with Gasteiger partial charge in [0.25, 0.3) is 5.91 Å². The molecule has 0 radical (unpaired) electrons. The molecule has 2 amide bonds. The largest absolute Gasteiger partial charge is 0.488 e. The van der Waals surface area contributed by atoms with Gasteiger partial charge in [0.15, 0.2) is 0 Å². The van der Waals surface area contributed by atoms with Crippen LogP contribution in [0.5, 0.6) is 5.75 Å². The molecule has 0 bridgehead atoms. The van der Waals surface area contributed by atoms with Gasteiger partial charge in [0.2, 0.25) is 5.91 Å². The molecule has 0 saturated carbocycles. The van der Waals surface area contributed by atoms with Gasteiger partial charge in [0.1, 0.15) is 12.4 Å². The van der Waals surface area contributed by atoms with E-state index in [1.54, 1.807) is 5.48 Å². The molecule has 3 rings (SSSR count). The van der Waals surface area contributed by atoms with Crippen LogP contribution in [0.2, 0.25) is 0 Å². The Hall–Kier alpha value is -2.90. The molecule has 0 aromatic heterocycles. The van der Waals surface area contributed by atoms with Crippen LogP contribution in [0.3, 0.4) is 0 Å². The van der Waals surface area contributed by atoms with Crippen LogP contribution in [0.15, 0.2) is 54.1 Å². The lowest BCUT2D eigenvalue weighted by Gasteiger charge is -2.31. The first-order chi connectivity index (χ1) is 16.1. The molecule has 1 saturated heterocycles.